The summed E-state index contributed by atoms with van der Waals surface area (Å²) in [6.07, 6.45) is 7.51. The quantitative estimate of drug-likeness (QED) is 0.186. The lowest BCUT2D eigenvalue weighted by atomic mass is 9.59. The molecule has 11 rings (SSSR count). The van der Waals surface area contributed by atoms with E-state index in [1.807, 2.05) is 17.4 Å². The highest BCUT2D eigenvalue weighted by molar-refractivity contribution is 7.25. The zero-order chi connectivity index (χ0) is 34.4. The van der Waals surface area contributed by atoms with E-state index in [9.17, 15) is 0 Å². The molecule has 0 amide bonds. The lowest BCUT2D eigenvalue weighted by Crippen LogP contribution is -2.50. The molecule has 0 bridgehead atoms. The number of hydrogen-bond donors (Lipinski definition) is 0. The van der Waals surface area contributed by atoms with Gasteiger partial charge in [-0.1, -0.05) is 140 Å². The number of allylic oxidation sites excluding steroid dienone is 2. The van der Waals surface area contributed by atoms with Crippen LogP contribution >= 0.6 is 11.3 Å². The molecule has 0 radical (unpaired) electrons. The van der Waals surface area contributed by atoms with E-state index in [0.29, 0.717) is 5.82 Å². The number of fused-ring (bicyclic) bond motifs is 12. The fraction of sp³-hybridized carbons (Fsp3) is 0.0833. The number of rotatable bonds is 3. The van der Waals surface area contributed by atoms with Crippen LogP contribution in [-0.2, 0) is 5.41 Å². The topological polar surface area (TPSA) is 35.0 Å². The van der Waals surface area contributed by atoms with Gasteiger partial charge < -0.3 is 4.74 Å². The molecule has 8 aromatic rings. The summed E-state index contributed by atoms with van der Waals surface area (Å²) in [7, 11) is 0. The van der Waals surface area contributed by atoms with Gasteiger partial charge in [-0.3, -0.25) is 0 Å². The predicted molar refractivity (Wildman–Crippen MR) is 214 cm³/mol. The lowest BCUT2D eigenvalue weighted by molar-refractivity contribution is 0.102. The van der Waals surface area contributed by atoms with E-state index >= 15 is 0 Å². The Kier molecular flexibility index (Phi) is 6.24. The van der Waals surface area contributed by atoms with E-state index in [-0.39, 0.29) is 0 Å². The molecular weight excluding hydrogens is 653 g/mol. The number of benzene rings is 6. The first-order valence-corrected chi connectivity index (χ1v) is 18.7. The van der Waals surface area contributed by atoms with Crippen molar-refractivity contribution in [1.82, 2.24) is 9.97 Å². The molecule has 0 fully saturated rings. The fourth-order valence-electron chi connectivity index (χ4n) is 8.99. The molecule has 0 N–H and O–H groups in total. The van der Waals surface area contributed by atoms with Crippen LogP contribution in [0.25, 0.3) is 65.2 Å². The smallest absolute Gasteiger partial charge is 0.160 e. The van der Waals surface area contributed by atoms with Crippen molar-refractivity contribution < 1.29 is 4.74 Å². The first-order chi connectivity index (χ1) is 25.6. The minimum atomic E-state index is -0.525. The molecule has 52 heavy (non-hydrogen) atoms. The minimum absolute atomic E-state index is 0.476. The molecule has 3 heterocycles. The highest BCUT2D eigenvalue weighted by Gasteiger charge is 2.57. The Morgan fingerprint density at radius 1 is 0.577 bits per heavy atom. The summed E-state index contributed by atoms with van der Waals surface area (Å²) in [5, 5.41) is 2.57. The zero-order valence-electron chi connectivity index (χ0n) is 28.5. The highest BCUT2D eigenvalue weighted by Crippen LogP contribution is 2.63. The van der Waals surface area contributed by atoms with Crippen molar-refractivity contribution in [3.05, 3.63) is 186 Å². The van der Waals surface area contributed by atoms with Gasteiger partial charge in [-0.2, -0.15) is 0 Å². The predicted octanol–water partition coefficient (Wildman–Crippen LogP) is 12.2. The highest BCUT2D eigenvalue weighted by atomic mass is 32.1. The second kappa shape index (κ2) is 10.9. The van der Waals surface area contributed by atoms with Crippen LogP contribution in [0.15, 0.2) is 169 Å². The minimum Gasteiger partial charge on any atom is -0.482 e. The lowest BCUT2D eigenvalue weighted by Gasteiger charge is -2.50. The van der Waals surface area contributed by atoms with Crippen molar-refractivity contribution in [2.75, 3.05) is 0 Å². The van der Waals surface area contributed by atoms with E-state index in [0.717, 1.165) is 45.8 Å². The molecule has 1 aliphatic heterocycles. The fourth-order valence-corrected chi connectivity index (χ4v) is 10.1. The Hall–Kier alpha value is -6.10. The molecule has 3 nitrogen and oxygen atoms in total. The molecule has 1 unspecified atom stereocenters. The van der Waals surface area contributed by atoms with Gasteiger partial charge in [0.25, 0.3) is 0 Å². The van der Waals surface area contributed by atoms with Crippen molar-refractivity contribution >= 4 is 31.5 Å². The van der Waals surface area contributed by atoms with E-state index < -0.39 is 11.0 Å². The normalized spacial score (nSPS) is 17.7. The third-order valence-corrected chi connectivity index (χ3v) is 12.4. The maximum Gasteiger partial charge on any atom is 0.160 e. The van der Waals surface area contributed by atoms with Crippen LogP contribution in [0.3, 0.4) is 0 Å². The largest absolute Gasteiger partial charge is 0.482 e. The average molecular weight is 685 g/mol. The summed E-state index contributed by atoms with van der Waals surface area (Å²) in [5.41, 5.74) is 11.5. The Morgan fingerprint density at radius 2 is 1.25 bits per heavy atom. The van der Waals surface area contributed by atoms with Gasteiger partial charge in [0, 0.05) is 48.8 Å². The second-order valence-corrected chi connectivity index (χ2v) is 15.3. The molecule has 0 saturated heterocycles. The molecule has 2 aromatic heterocycles. The molecule has 1 spiro atoms. The maximum absolute atomic E-state index is 7.14. The number of aromatic nitrogens is 2. The Labute approximate surface area is 306 Å². The van der Waals surface area contributed by atoms with Gasteiger partial charge >= 0.3 is 0 Å². The van der Waals surface area contributed by atoms with Gasteiger partial charge in [0.05, 0.1) is 16.8 Å². The van der Waals surface area contributed by atoms with Crippen LogP contribution < -0.4 is 4.74 Å². The van der Waals surface area contributed by atoms with Gasteiger partial charge in [-0.05, 0) is 59.0 Å². The maximum atomic E-state index is 7.14. The first-order valence-electron chi connectivity index (χ1n) is 17.9. The summed E-state index contributed by atoms with van der Waals surface area (Å²) in [4.78, 5) is 10.5. The molecule has 2 aliphatic carbocycles. The number of nitrogens with zero attached hydrogens (tertiary/aromatic N) is 2. The summed E-state index contributed by atoms with van der Waals surface area (Å²) >= 11 is 1.83. The van der Waals surface area contributed by atoms with Crippen molar-refractivity contribution in [1.29, 1.82) is 0 Å². The van der Waals surface area contributed by atoms with Gasteiger partial charge in [0.2, 0.25) is 0 Å². The third kappa shape index (κ3) is 4.13. The van der Waals surface area contributed by atoms with Crippen LogP contribution in [0.2, 0.25) is 0 Å². The summed E-state index contributed by atoms with van der Waals surface area (Å²) in [5.74, 6) is 1.55. The van der Waals surface area contributed by atoms with Gasteiger partial charge in [-0.15, -0.1) is 11.3 Å². The van der Waals surface area contributed by atoms with E-state index in [1.54, 1.807) is 0 Å². The Bertz CT molecular complexity index is 2780. The van der Waals surface area contributed by atoms with Crippen molar-refractivity contribution in [2.24, 2.45) is 0 Å². The van der Waals surface area contributed by atoms with Crippen LogP contribution in [-0.4, -0.2) is 15.6 Å². The summed E-state index contributed by atoms with van der Waals surface area (Å²) in [6.45, 7) is 2.25. The zero-order valence-corrected chi connectivity index (χ0v) is 29.3. The van der Waals surface area contributed by atoms with Gasteiger partial charge in [0.1, 0.15) is 11.4 Å². The van der Waals surface area contributed by atoms with Gasteiger partial charge in [-0.25, -0.2) is 9.97 Å². The Balaban J connectivity index is 1.13. The summed E-state index contributed by atoms with van der Waals surface area (Å²) in [6, 6.07) is 52.3. The Morgan fingerprint density at radius 3 is 2.06 bits per heavy atom. The number of hydrogen-bond acceptors (Lipinski definition) is 4. The van der Waals surface area contributed by atoms with Crippen LogP contribution in [0, 0.1) is 0 Å². The molecule has 4 heteroatoms. The molecule has 3 aliphatic rings. The first kappa shape index (κ1) is 29.6. The van der Waals surface area contributed by atoms with Gasteiger partial charge in [0.15, 0.2) is 5.82 Å². The average Bonchev–Trinajstić information content (AvgIpc) is 3.71. The van der Waals surface area contributed by atoms with Crippen molar-refractivity contribution in [3.8, 4) is 50.8 Å². The third-order valence-electron chi connectivity index (χ3n) is 11.3. The number of ether oxygens (including phenoxy) is 1. The molecule has 6 aromatic carbocycles. The van der Waals surface area contributed by atoms with Crippen molar-refractivity contribution in [2.45, 2.75) is 24.4 Å². The van der Waals surface area contributed by atoms with Crippen molar-refractivity contribution in [3.63, 3.8) is 0 Å². The monoisotopic (exact) mass is 684 g/mol. The molecule has 1 atom stereocenters. The molecule has 246 valence electrons. The summed E-state index contributed by atoms with van der Waals surface area (Å²) < 4.78 is 9.68. The van der Waals surface area contributed by atoms with E-state index in [2.05, 4.69) is 165 Å². The van der Waals surface area contributed by atoms with E-state index in [4.69, 9.17) is 14.7 Å². The van der Waals surface area contributed by atoms with Crippen LogP contribution in [0.1, 0.15) is 30.0 Å². The van der Waals surface area contributed by atoms with E-state index in [1.165, 1.54) is 48.0 Å². The number of thiophene rings is 1. The molecular formula is C48H32N2OS. The standard InChI is InChI=1S/C48H32N2OS/c1-47-26-12-11-21-45(47)48(37-18-8-5-15-33(37)34-16-6-9-19-38(34)48)39-25-23-32(27-42(39)51-47)46-49-40(30-13-3-2-4-14-30)29-41(50-46)31-22-24-36-35-17-7-10-20-43(35)52-44(36)28-31/h2-25,27-29H,26H2,1H3. The SMILES string of the molecule is CC12CC=CC=C1C1(c3ccc(-c4nc(-c5ccccc5)cc(-c5ccc6c(c5)sc5ccccc56)n4)cc3O2)c2ccccc2-c2ccccc21. The van der Waals surface area contributed by atoms with Crippen LogP contribution in [0.4, 0.5) is 0 Å². The van der Waals surface area contributed by atoms with Crippen LogP contribution in [0.5, 0.6) is 5.75 Å². The molecule has 0 saturated carbocycles. The second-order valence-electron chi connectivity index (χ2n) is 14.2.